The van der Waals surface area contributed by atoms with E-state index < -0.39 is 6.04 Å². The molecule has 0 saturated carbocycles. The lowest BCUT2D eigenvalue weighted by molar-refractivity contribution is -0.119. The highest BCUT2D eigenvalue weighted by molar-refractivity contribution is 5.98. The molecular weight excluding hydrogens is 204 g/mol. The van der Waals surface area contributed by atoms with E-state index in [0.717, 1.165) is 23.4 Å². The Labute approximate surface area is 95.0 Å². The van der Waals surface area contributed by atoms with Crippen molar-refractivity contribution in [3.05, 3.63) is 23.8 Å². The van der Waals surface area contributed by atoms with Gasteiger partial charge in [-0.15, -0.1) is 0 Å². The van der Waals surface area contributed by atoms with E-state index in [9.17, 15) is 4.79 Å². The highest BCUT2D eigenvalue weighted by Crippen LogP contribution is 2.31. The first kappa shape index (κ1) is 11.0. The van der Waals surface area contributed by atoms with Crippen molar-refractivity contribution in [2.75, 3.05) is 18.6 Å². The number of carbonyl (C=O) groups excluding carboxylic acids is 1. The van der Waals surface area contributed by atoms with Crippen LogP contribution in [0.1, 0.15) is 12.5 Å². The number of benzene rings is 1. The Morgan fingerprint density at radius 2 is 2.31 bits per heavy atom. The van der Waals surface area contributed by atoms with E-state index in [0.29, 0.717) is 6.54 Å². The van der Waals surface area contributed by atoms with Gasteiger partial charge in [0.15, 0.2) is 0 Å². The molecule has 4 nitrogen and oxygen atoms in total. The summed E-state index contributed by atoms with van der Waals surface area (Å²) in [5.41, 5.74) is 7.72. The van der Waals surface area contributed by atoms with E-state index in [-0.39, 0.29) is 5.91 Å². The van der Waals surface area contributed by atoms with Crippen LogP contribution < -0.4 is 15.4 Å². The van der Waals surface area contributed by atoms with Crippen LogP contribution in [0.25, 0.3) is 0 Å². The maximum atomic E-state index is 11.8. The zero-order chi connectivity index (χ0) is 11.7. The lowest BCUT2D eigenvalue weighted by Crippen LogP contribution is -2.41. The molecule has 0 radical (unpaired) electrons. The van der Waals surface area contributed by atoms with Gasteiger partial charge in [0, 0.05) is 12.2 Å². The fraction of sp³-hybridized carbons (Fsp3) is 0.417. The van der Waals surface area contributed by atoms with Gasteiger partial charge in [0.25, 0.3) is 0 Å². The number of fused-ring (bicyclic) bond motifs is 1. The molecule has 1 unspecified atom stereocenters. The Bertz CT molecular complexity index is 415. The van der Waals surface area contributed by atoms with Gasteiger partial charge in [-0.05, 0) is 37.1 Å². The second-order valence-electron chi connectivity index (χ2n) is 4.02. The number of anilines is 1. The molecule has 1 aromatic rings. The molecule has 0 fully saturated rings. The van der Waals surface area contributed by atoms with Gasteiger partial charge in [0.2, 0.25) is 5.91 Å². The van der Waals surface area contributed by atoms with Crippen LogP contribution in [-0.2, 0) is 11.2 Å². The number of rotatable bonds is 2. The fourth-order valence-electron chi connectivity index (χ4n) is 1.98. The second kappa shape index (κ2) is 4.14. The Morgan fingerprint density at radius 3 is 2.94 bits per heavy atom. The van der Waals surface area contributed by atoms with Gasteiger partial charge in [-0.3, -0.25) is 4.79 Å². The van der Waals surface area contributed by atoms with Crippen LogP contribution in [-0.4, -0.2) is 25.6 Å². The summed E-state index contributed by atoms with van der Waals surface area (Å²) in [6.07, 6.45) is 0.866. The molecule has 2 rings (SSSR count). The summed E-state index contributed by atoms with van der Waals surface area (Å²) in [7, 11) is 1.64. The van der Waals surface area contributed by atoms with E-state index in [4.69, 9.17) is 10.5 Å². The standard InChI is InChI=1S/C12H16N2O2/c1-8(13)12(15)14-6-5-9-7-10(16-2)3-4-11(9)14/h3-4,7-8H,5-6,13H2,1-2H3. The molecule has 2 N–H and O–H groups in total. The van der Waals surface area contributed by atoms with Crippen LogP contribution in [0.2, 0.25) is 0 Å². The monoisotopic (exact) mass is 220 g/mol. The van der Waals surface area contributed by atoms with Gasteiger partial charge in [0.05, 0.1) is 13.2 Å². The van der Waals surface area contributed by atoms with Crippen LogP contribution in [0.4, 0.5) is 5.69 Å². The van der Waals surface area contributed by atoms with Crippen molar-refractivity contribution >= 4 is 11.6 Å². The Balaban J connectivity index is 2.30. The molecule has 0 aliphatic carbocycles. The molecule has 16 heavy (non-hydrogen) atoms. The van der Waals surface area contributed by atoms with Gasteiger partial charge < -0.3 is 15.4 Å². The highest BCUT2D eigenvalue weighted by Gasteiger charge is 2.26. The molecule has 1 aliphatic heterocycles. The minimum absolute atomic E-state index is 0.0242. The molecule has 1 amide bonds. The zero-order valence-electron chi connectivity index (χ0n) is 9.56. The first-order valence-electron chi connectivity index (χ1n) is 5.37. The average Bonchev–Trinajstić information content (AvgIpc) is 2.70. The molecule has 0 saturated heterocycles. The number of carbonyl (C=O) groups is 1. The molecule has 0 spiro atoms. The third-order valence-electron chi connectivity index (χ3n) is 2.84. The maximum Gasteiger partial charge on any atom is 0.243 e. The number of nitrogens with zero attached hydrogens (tertiary/aromatic N) is 1. The Morgan fingerprint density at radius 1 is 1.56 bits per heavy atom. The van der Waals surface area contributed by atoms with Crippen LogP contribution in [0.15, 0.2) is 18.2 Å². The smallest absolute Gasteiger partial charge is 0.243 e. The second-order valence-corrected chi connectivity index (χ2v) is 4.02. The lowest BCUT2D eigenvalue weighted by atomic mass is 10.1. The van der Waals surface area contributed by atoms with Crippen LogP contribution >= 0.6 is 0 Å². The summed E-state index contributed by atoms with van der Waals surface area (Å²) >= 11 is 0. The van der Waals surface area contributed by atoms with E-state index in [1.807, 2.05) is 18.2 Å². The van der Waals surface area contributed by atoms with E-state index in [1.54, 1.807) is 18.9 Å². The minimum Gasteiger partial charge on any atom is -0.497 e. The zero-order valence-corrected chi connectivity index (χ0v) is 9.56. The summed E-state index contributed by atoms with van der Waals surface area (Å²) in [4.78, 5) is 13.6. The van der Waals surface area contributed by atoms with E-state index in [2.05, 4.69) is 0 Å². The molecule has 1 heterocycles. The summed E-state index contributed by atoms with van der Waals surface area (Å²) in [6, 6.07) is 5.31. The molecule has 1 aliphatic rings. The highest BCUT2D eigenvalue weighted by atomic mass is 16.5. The summed E-state index contributed by atoms with van der Waals surface area (Å²) in [6.45, 7) is 2.42. The number of methoxy groups -OCH3 is 1. The normalized spacial score (nSPS) is 15.8. The topological polar surface area (TPSA) is 55.6 Å². The molecule has 0 bridgehead atoms. The van der Waals surface area contributed by atoms with Crippen molar-refractivity contribution in [3.8, 4) is 5.75 Å². The van der Waals surface area contributed by atoms with Gasteiger partial charge in [-0.25, -0.2) is 0 Å². The molecular formula is C12H16N2O2. The van der Waals surface area contributed by atoms with Crippen molar-refractivity contribution in [2.45, 2.75) is 19.4 Å². The third-order valence-corrected chi connectivity index (χ3v) is 2.84. The van der Waals surface area contributed by atoms with Crippen molar-refractivity contribution in [1.29, 1.82) is 0 Å². The summed E-state index contributed by atoms with van der Waals surface area (Å²) in [5.74, 6) is 0.803. The first-order chi connectivity index (χ1) is 7.63. The number of ether oxygens (including phenoxy) is 1. The number of hydrogen-bond donors (Lipinski definition) is 1. The third kappa shape index (κ3) is 1.76. The van der Waals surface area contributed by atoms with Crippen molar-refractivity contribution in [2.24, 2.45) is 5.73 Å². The predicted molar refractivity (Wildman–Crippen MR) is 62.7 cm³/mol. The molecule has 0 aromatic heterocycles. The van der Waals surface area contributed by atoms with E-state index in [1.165, 1.54) is 0 Å². The van der Waals surface area contributed by atoms with Gasteiger partial charge in [-0.2, -0.15) is 0 Å². The summed E-state index contributed by atoms with van der Waals surface area (Å²) < 4.78 is 5.15. The van der Waals surface area contributed by atoms with Crippen molar-refractivity contribution in [1.82, 2.24) is 0 Å². The van der Waals surface area contributed by atoms with Crippen LogP contribution in [0, 0.1) is 0 Å². The Kier molecular flexibility index (Phi) is 2.83. The van der Waals surface area contributed by atoms with Crippen LogP contribution in [0.5, 0.6) is 5.75 Å². The average molecular weight is 220 g/mol. The predicted octanol–water partition coefficient (Wildman–Crippen LogP) is 0.931. The maximum absolute atomic E-state index is 11.8. The summed E-state index contributed by atoms with van der Waals surface area (Å²) in [5, 5.41) is 0. The van der Waals surface area contributed by atoms with Crippen molar-refractivity contribution in [3.63, 3.8) is 0 Å². The van der Waals surface area contributed by atoms with Gasteiger partial charge in [0.1, 0.15) is 5.75 Å². The first-order valence-corrected chi connectivity index (χ1v) is 5.37. The van der Waals surface area contributed by atoms with Gasteiger partial charge in [-0.1, -0.05) is 0 Å². The number of hydrogen-bond acceptors (Lipinski definition) is 3. The van der Waals surface area contributed by atoms with E-state index >= 15 is 0 Å². The molecule has 86 valence electrons. The lowest BCUT2D eigenvalue weighted by Gasteiger charge is -2.19. The molecule has 4 heteroatoms. The molecule has 1 aromatic carbocycles. The number of amides is 1. The molecule has 1 atom stereocenters. The van der Waals surface area contributed by atoms with Crippen LogP contribution in [0.3, 0.4) is 0 Å². The fourth-order valence-corrected chi connectivity index (χ4v) is 1.98. The Hall–Kier alpha value is -1.55. The van der Waals surface area contributed by atoms with Crippen molar-refractivity contribution < 1.29 is 9.53 Å². The quantitative estimate of drug-likeness (QED) is 0.806. The number of nitrogens with two attached hydrogens (primary N) is 1. The largest absolute Gasteiger partial charge is 0.497 e. The minimum atomic E-state index is -0.451. The van der Waals surface area contributed by atoms with Gasteiger partial charge >= 0.3 is 0 Å². The SMILES string of the molecule is COc1ccc2c(c1)CCN2C(=O)C(C)N.